The zero-order valence-corrected chi connectivity index (χ0v) is 11.9. The lowest BCUT2D eigenvalue weighted by atomic mass is 10.1. The van der Waals surface area contributed by atoms with Crippen molar-refractivity contribution in [1.82, 2.24) is 19.5 Å². The summed E-state index contributed by atoms with van der Waals surface area (Å²) in [6, 6.07) is 5.86. The number of rotatable bonds is 3. The van der Waals surface area contributed by atoms with Crippen LogP contribution in [0.2, 0.25) is 0 Å². The second-order valence-electron chi connectivity index (χ2n) is 4.50. The van der Waals surface area contributed by atoms with E-state index in [1.165, 1.54) is 14.2 Å². The topological polar surface area (TPSA) is 82.0 Å². The Labute approximate surface area is 121 Å². The predicted molar refractivity (Wildman–Crippen MR) is 79.8 cm³/mol. The van der Waals surface area contributed by atoms with Gasteiger partial charge in [-0.05, 0) is 17.7 Å². The van der Waals surface area contributed by atoms with E-state index in [0.717, 1.165) is 22.2 Å². The molecule has 0 aliphatic heterocycles. The van der Waals surface area contributed by atoms with Crippen LogP contribution in [0, 0.1) is 0 Å². The number of hydrogen-bond donors (Lipinski definition) is 1. The molecule has 0 saturated carbocycles. The molecule has 0 fully saturated rings. The Morgan fingerprint density at radius 2 is 2.10 bits per heavy atom. The van der Waals surface area contributed by atoms with Crippen LogP contribution in [0.5, 0.6) is 11.9 Å². The van der Waals surface area contributed by atoms with Crippen LogP contribution in [0.3, 0.4) is 0 Å². The number of methoxy groups -OCH3 is 2. The highest BCUT2D eigenvalue weighted by molar-refractivity contribution is 5.83. The van der Waals surface area contributed by atoms with Crippen molar-refractivity contribution in [1.29, 1.82) is 0 Å². The van der Waals surface area contributed by atoms with Crippen LogP contribution in [0.1, 0.15) is 1.43 Å². The molecule has 1 aromatic carbocycles. The Morgan fingerprint density at radius 3 is 2.81 bits per heavy atom. The van der Waals surface area contributed by atoms with Gasteiger partial charge < -0.3 is 14.5 Å². The quantitative estimate of drug-likeness (QED) is 0.791. The van der Waals surface area contributed by atoms with Gasteiger partial charge in [0.2, 0.25) is 5.88 Å². The van der Waals surface area contributed by atoms with E-state index >= 15 is 0 Å². The first-order valence-electron chi connectivity index (χ1n) is 6.28. The zero-order valence-electron chi connectivity index (χ0n) is 11.9. The molecule has 7 heteroatoms. The molecule has 0 amide bonds. The van der Waals surface area contributed by atoms with Crippen molar-refractivity contribution in [2.45, 2.75) is 0 Å². The maximum Gasteiger partial charge on any atom is 0.326 e. The summed E-state index contributed by atoms with van der Waals surface area (Å²) in [5.74, 6) is 0.418. The van der Waals surface area contributed by atoms with Gasteiger partial charge in [-0.25, -0.2) is 9.78 Å². The lowest BCUT2D eigenvalue weighted by molar-refractivity contribution is 0.353. The van der Waals surface area contributed by atoms with Crippen molar-refractivity contribution in [3.05, 3.63) is 34.9 Å². The summed E-state index contributed by atoms with van der Waals surface area (Å²) >= 11 is 0. The molecule has 1 N–H and O–H groups in total. The number of aromatic nitrogens is 4. The smallest absolute Gasteiger partial charge is 0.326 e. The van der Waals surface area contributed by atoms with E-state index in [-0.39, 0.29) is 13.1 Å². The molecule has 110 valence electrons. The Bertz CT molecular complexity index is 872. The zero-order chi connectivity index (χ0) is 15.0. The fourth-order valence-corrected chi connectivity index (χ4v) is 2.19. The highest BCUT2D eigenvalue weighted by Crippen LogP contribution is 2.30. The molecule has 0 radical (unpaired) electrons. The van der Waals surface area contributed by atoms with Gasteiger partial charge in [-0.2, -0.15) is 4.98 Å². The van der Waals surface area contributed by atoms with Gasteiger partial charge in [-0.3, -0.25) is 4.57 Å². The number of imidazole rings is 1. The summed E-state index contributed by atoms with van der Waals surface area (Å²) in [5.41, 5.74) is 3.01. The van der Waals surface area contributed by atoms with Gasteiger partial charge in [-0.15, -0.1) is 0 Å². The minimum atomic E-state index is -0.153. The van der Waals surface area contributed by atoms with Gasteiger partial charge >= 0.3 is 11.7 Å². The van der Waals surface area contributed by atoms with Crippen LogP contribution >= 0.6 is 0 Å². The number of hydrogen-bond acceptors (Lipinski definition) is 5. The molecule has 0 unspecified atom stereocenters. The monoisotopic (exact) mass is 288 g/mol. The fourth-order valence-electron chi connectivity index (χ4n) is 2.19. The second kappa shape index (κ2) is 4.93. The third kappa shape index (κ3) is 2.12. The molecule has 7 nitrogen and oxygen atoms in total. The Morgan fingerprint density at radius 1 is 1.29 bits per heavy atom. The number of fused-ring (bicyclic) bond motifs is 1. The number of nitrogens with zero attached hydrogens (tertiary/aromatic N) is 3. The molecule has 0 aliphatic rings. The summed E-state index contributed by atoms with van der Waals surface area (Å²) in [6.45, 7) is 0. The molecule has 0 aliphatic carbocycles. The molecule has 0 bridgehead atoms. The maximum atomic E-state index is 11.6. The van der Waals surface area contributed by atoms with Crippen molar-refractivity contribution >= 4 is 11.0 Å². The number of ether oxygens (including phenoxy) is 2. The van der Waals surface area contributed by atoms with Crippen molar-refractivity contribution < 1.29 is 10.9 Å². The van der Waals surface area contributed by atoms with Crippen molar-refractivity contribution in [3.63, 3.8) is 0 Å². The summed E-state index contributed by atoms with van der Waals surface area (Å²) < 4.78 is 11.8. The molecule has 2 heterocycles. The highest BCUT2D eigenvalue weighted by atomic mass is 16.5. The highest BCUT2D eigenvalue weighted by Gasteiger charge is 2.12. The van der Waals surface area contributed by atoms with Crippen LogP contribution in [0.4, 0.5) is 0 Å². The SMILES string of the molecule is COc1ncc(-c2ccc3[nH]c(=O)n(C)c3c2)c(OC)n1.[HH]. The summed E-state index contributed by atoms with van der Waals surface area (Å²) in [5, 5.41) is 0. The van der Waals surface area contributed by atoms with Gasteiger partial charge in [0, 0.05) is 14.7 Å². The van der Waals surface area contributed by atoms with E-state index < -0.39 is 0 Å². The summed E-state index contributed by atoms with van der Waals surface area (Å²) in [4.78, 5) is 22.7. The number of aromatic amines is 1. The summed E-state index contributed by atoms with van der Waals surface area (Å²) in [6.07, 6.45) is 1.64. The molecule has 0 saturated heterocycles. The van der Waals surface area contributed by atoms with E-state index in [0.29, 0.717) is 5.88 Å². The number of H-pyrrole nitrogens is 1. The average molecular weight is 288 g/mol. The van der Waals surface area contributed by atoms with Crippen LogP contribution in [-0.2, 0) is 7.05 Å². The van der Waals surface area contributed by atoms with Gasteiger partial charge in [0.05, 0.1) is 30.8 Å². The molecule has 2 aromatic heterocycles. The average Bonchev–Trinajstić information content (AvgIpc) is 2.81. The minimum Gasteiger partial charge on any atom is -0.480 e. The van der Waals surface area contributed by atoms with Gasteiger partial charge in [0.1, 0.15) is 0 Å². The molecule has 3 aromatic rings. The molecular formula is C14H16N4O3. The Kier molecular flexibility index (Phi) is 3.09. The number of nitrogens with one attached hydrogen (secondary N) is 1. The number of aryl methyl sites for hydroxylation is 1. The van der Waals surface area contributed by atoms with E-state index in [4.69, 9.17) is 9.47 Å². The number of benzene rings is 1. The second-order valence-corrected chi connectivity index (χ2v) is 4.50. The molecule has 0 spiro atoms. The van der Waals surface area contributed by atoms with E-state index in [1.54, 1.807) is 17.8 Å². The third-order valence-electron chi connectivity index (χ3n) is 3.32. The normalized spacial score (nSPS) is 10.8. The van der Waals surface area contributed by atoms with Gasteiger partial charge in [0.25, 0.3) is 0 Å². The molecule has 0 atom stereocenters. The summed E-state index contributed by atoms with van der Waals surface area (Å²) in [7, 11) is 4.75. The van der Waals surface area contributed by atoms with Crippen molar-refractivity contribution in [2.75, 3.05) is 14.2 Å². The van der Waals surface area contributed by atoms with Gasteiger partial charge in [0.15, 0.2) is 0 Å². The Hall–Kier alpha value is -2.83. The minimum absolute atomic E-state index is 0. The lowest BCUT2D eigenvalue weighted by Crippen LogP contribution is -2.11. The van der Waals surface area contributed by atoms with Crippen LogP contribution in [-0.4, -0.2) is 33.7 Å². The Balaban J connectivity index is 0.00000176. The van der Waals surface area contributed by atoms with Crippen LogP contribution in [0.25, 0.3) is 22.2 Å². The lowest BCUT2D eigenvalue weighted by Gasteiger charge is -2.08. The molecular weight excluding hydrogens is 272 g/mol. The van der Waals surface area contributed by atoms with E-state index in [2.05, 4.69) is 15.0 Å². The van der Waals surface area contributed by atoms with Crippen molar-refractivity contribution in [3.8, 4) is 23.0 Å². The standard InChI is InChI=1S/C14H14N4O3.H2/c1-18-11-6-8(4-5-10(11)16-14(18)19)9-7-15-13(21-3)17-12(9)20-2;/h4-7H,1-3H3,(H,16,19);1H. The first-order valence-corrected chi connectivity index (χ1v) is 6.28. The largest absolute Gasteiger partial charge is 0.480 e. The first kappa shape index (κ1) is 13.2. The van der Waals surface area contributed by atoms with E-state index in [9.17, 15) is 4.79 Å². The molecule has 3 rings (SSSR count). The van der Waals surface area contributed by atoms with Crippen molar-refractivity contribution in [2.24, 2.45) is 7.05 Å². The fraction of sp³-hybridized carbons (Fsp3) is 0.214. The third-order valence-corrected chi connectivity index (χ3v) is 3.32. The van der Waals surface area contributed by atoms with Crippen LogP contribution in [0.15, 0.2) is 29.2 Å². The maximum absolute atomic E-state index is 11.6. The molecule has 21 heavy (non-hydrogen) atoms. The first-order chi connectivity index (χ1) is 10.1. The van der Waals surface area contributed by atoms with Crippen LogP contribution < -0.4 is 15.2 Å². The van der Waals surface area contributed by atoms with Gasteiger partial charge in [-0.1, -0.05) is 6.07 Å². The van der Waals surface area contributed by atoms with E-state index in [1.807, 2.05) is 18.2 Å². The predicted octanol–water partition coefficient (Wildman–Crippen LogP) is 1.59.